The van der Waals surface area contributed by atoms with Crippen molar-refractivity contribution in [3.63, 3.8) is 0 Å². The van der Waals surface area contributed by atoms with E-state index in [0.29, 0.717) is 11.3 Å². The largest absolute Gasteiger partial charge is 0.382 e. The smallest absolute Gasteiger partial charge is 0.306 e. The van der Waals surface area contributed by atoms with Crippen molar-refractivity contribution in [2.45, 2.75) is 6.42 Å². The quantitative estimate of drug-likeness (QED) is 0.655. The van der Waals surface area contributed by atoms with Gasteiger partial charge >= 0.3 is 10.1 Å². The second-order valence-electron chi connectivity index (χ2n) is 5.56. The van der Waals surface area contributed by atoms with Crippen LogP contribution in [0.1, 0.15) is 5.56 Å². The van der Waals surface area contributed by atoms with Gasteiger partial charge in [0.1, 0.15) is 5.75 Å². The van der Waals surface area contributed by atoms with Crippen molar-refractivity contribution in [1.29, 1.82) is 0 Å². The summed E-state index contributed by atoms with van der Waals surface area (Å²) in [5, 5.41) is 4.68. The number of carbonyl (C=O) groups is 1. The van der Waals surface area contributed by atoms with E-state index in [1.54, 1.807) is 30.6 Å². The van der Waals surface area contributed by atoms with Crippen LogP contribution >= 0.6 is 11.3 Å². The summed E-state index contributed by atoms with van der Waals surface area (Å²) in [5.74, 6) is -0.0958. The number of aromatic nitrogens is 1. The van der Waals surface area contributed by atoms with Gasteiger partial charge in [0.15, 0.2) is 0 Å². The molecular weight excluding hydrogens is 372 g/mol. The van der Waals surface area contributed by atoms with Gasteiger partial charge in [-0.05, 0) is 29.8 Å². The highest BCUT2D eigenvalue weighted by Crippen LogP contribution is 2.29. The van der Waals surface area contributed by atoms with Crippen LogP contribution in [0.3, 0.4) is 0 Å². The summed E-state index contributed by atoms with van der Waals surface area (Å²) >= 11 is 1.52. The molecule has 0 atom stereocenters. The van der Waals surface area contributed by atoms with Gasteiger partial charge in [-0.15, -0.1) is 11.3 Å². The molecule has 0 saturated heterocycles. The second kappa shape index (κ2) is 7.67. The van der Waals surface area contributed by atoms with Gasteiger partial charge < -0.3 is 9.50 Å². The molecule has 1 N–H and O–H groups in total. The first-order valence-electron chi connectivity index (χ1n) is 7.67. The molecule has 3 rings (SSSR count). The molecule has 2 aromatic heterocycles. The second-order valence-corrected chi connectivity index (χ2v) is 8.04. The van der Waals surface area contributed by atoms with E-state index in [9.17, 15) is 13.2 Å². The number of carbonyl (C=O) groups excluding carboxylic acids is 1. The lowest BCUT2D eigenvalue weighted by atomic mass is 10.1. The van der Waals surface area contributed by atoms with Crippen LogP contribution in [0.15, 0.2) is 60.2 Å². The van der Waals surface area contributed by atoms with Gasteiger partial charge in [-0.25, -0.2) is 0 Å². The monoisotopic (exact) mass is 388 g/mol. The molecule has 0 bridgehead atoms. The van der Waals surface area contributed by atoms with Gasteiger partial charge in [0.2, 0.25) is 5.91 Å². The number of nitrogens with zero attached hydrogens (tertiary/aromatic N) is 1. The predicted molar refractivity (Wildman–Crippen MR) is 102 cm³/mol. The van der Waals surface area contributed by atoms with Crippen LogP contribution in [-0.4, -0.2) is 25.6 Å². The Bertz CT molecular complexity index is 1010. The van der Waals surface area contributed by atoms with Crippen molar-refractivity contribution in [2.24, 2.45) is 0 Å². The normalized spacial score (nSPS) is 11.1. The van der Waals surface area contributed by atoms with Crippen LogP contribution in [0.2, 0.25) is 0 Å². The zero-order chi connectivity index (χ0) is 18.6. The summed E-state index contributed by atoms with van der Waals surface area (Å²) in [5.41, 5.74) is 2.21. The zero-order valence-electron chi connectivity index (χ0n) is 13.9. The third kappa shape index (κ3) is 4.90. The minimum Gasteiger partial charge on any atom is -0.382 e. The average molecular weight is 388 g/mol. The number of rotatable bonds is 6. The fourth-order valence-electron chi connectivity index (χ4n) is 2.34. The van der Waals surface area contributed by atoms with Gasteiger partial charge in [0.05, 0.1) is 18.4 Å². The molecule has 1 aromatic carbocycles. The minimum absolute atomic E-state index is 0.00608. The molecule has 2 heterocycles. The van der Waals surface area contributed by atoms with E-state index in [4.69, 9.17) is 4.18 Å². The Kier molecular flexibility index (Phi) is 5.34. The third-order valence-corrected chi connectivity index (χ3v) is 4.87. The average Bonchev–Trinajstić information content (AvgIpc) is 3.04. The van der Waals surface area contributed by atoms with Crippen molar-refractivity contribution in [1.82, 2.24) is 4.98 Å². The number of amides is 1. The molecule has 0 aliphatic carbocycles. The maximum atomic E-state index is 12.3. The number of nitrogens with one attached hydrogen (secondary N) is 1. The number of para-hydroxylation sites is 1. The number of hydrogen-bond donors (Lipinski definition) is 1. The number of anilines is 1. The van der Waals surface area contributed by atoms with E-state index in [-0.39, 0.29) is 18.1 Å². The highest BCUT2D eigenvalue weighted by atomic mass is 32.2. The van der Waals surface area contributed by atoms with Crippen molar-refractivity contribution in [3.05, 3.63) is 65.8 Å². The summed E-state index contributed by atoms with van der Waals surface area (Å²) in [6.45, 7) is 0. The molecule has 3 aromatic rings. The van der Waals surface area contributed by atoms with E-state index in [0.717, 1.165) is 16.7 Å². The molecule has 0 fully saturated rings. The number of thiophene rings is 1. The van der Waals surface area contributed by atoms with Crippen LogP contribution in [0.5, 0.6) is 5.75 Å². The Morgan fingerprint density at radius 1 is 1.19 bits per heavy atom. The summed E-state index contributed by atoms with van der Waals surface area (Å²) in [4.78, 5) is 17.3. The molecule has 0 saturated carbocycles. The van der Waals surface area contributed by atoms with Gasteiger partial charge in [0, 0.05) is 28.2 Å². The van der Waals surface area contributed by atoms with Crippen LogP contribution < -0.4 is 9.50 Å². The maximum absolute atomic E-state index is 12.3. The molecule has 6 nitrogen and oxygen atoms in total. The SMILES string of the molecule is CS(=O)(=O)Oc1ccccc1CC(=O)Nc1csc(-c2ccncc2)c1. The molecule has 1 amide bonds. The zero-order valence-corrected chi connectivity index (χ0v) is 15.5. The highest BCUT2D eigenvalue weighted by Gasteiger charge is 2.13. The van der Waals surface area contributed by atoms with Crippen LogP contribution in [0, 0.1) is 0 Å². The van der Waals surface area contributed by atoms with E-state index >= 15 is 0 Å². The Balaban J connectivity index is 1.70. The minimum atomic E-state index is -3.66. The summed E-state index contributed by atoms with van der Waals surface area (Å²) in [6.07, 6.45) is 4.40. The van der Waals surface area contributed by atoms with Crippen LogP contribution in [0.4, 0.5) is 5.69 Å². The molecule has 0 aliphatic heterocycles. The maximum Gasteiger partial charge on any atom is 0.306 e. The lowest BCUT2D eigenvalue weighted by molar-refractivity contribution is -0.115. The summed E-state index contributed by atoms with van der Waals surface area (Å²) < 4.78 is 27.6. The van der Waals surface area contributed by atoms with E-state index in [2.05, 4.69) is 10.3 Å². The van der Waals surface area contributed by atoms with E-state index in [1.165, 1.54) is 17.4 Å². The van der Waals surface area contributed by atoms with Crippen molar-refractivity contribution < 1.29 is 17.4 Å². The molecular formula is C18H16N2O4S2. The van der Waals surface area contributed by atoms with Crippen molar-refractivity contribution >= 4 is 33.0 Å². The predicted octanol–water partition coefficient (Wildman–Crippen LogP) is 3.33. The topological polar surface area (TPSA) is 85.4 Å². The lowest BCUT2D eigenvalue weighted by Gasteiger charge is -2.09. The van der Waals surface area contributed by atoms with Crippen LogP contribution in [-0.2, 0) is 21.3 Å². The fourth-order valence-corrected chi connectivity index (χ4v) is 3.68. The van der Waals surface area contributed by atoms with Crippen molar-refractivity contribution in [2.75, 3.05) is 11.6 Å². The van der Waals surface area contributed by atoms with E-state index < -0.39 is 10.1 Å². The van der Waals surface area contributed by atoms with Gasteiger partial charge in [-0.1, -0.05) is 18.2 Å². The van der Waals surface area contributed by atoms with Crippen LogP contribution in [0.25, 0.3) is 10.4 Å². The first-order chi connectivity index (χ1) is 12.4. The summed E-state index contributed by atoms with van der Waals surface area (Å²) in [6, 6.07) is 12.3. The number of hydrogen-bond acceptors (Lipinski definition) is 6. The molecule has 0 spiro atoms. The van der Waals surface area contributed by atoms with Gasteiger partial charge in [0.25, 0.3) is 0 Å². The highest BCUT2D eigenvalue weighted by molar-refractivity contribution is 7.86. The Labute approximate surface area is 155 Å². The summed E-state index contributed by atoms with van der Waals surface area (Å²) in [7, 11) is -3.66. The van der Waals surface area contributed by atoms with E-state index in [1.807, 2.05) is 23.6 Å². The third-order valence-electron chi connectivity index (χ3n) is 3.41. The molecule has 0 radical (unpaired) electrons. The van der Waals surface area contributed by atoms with Crippen molar-refractivity contribution in [3.8, 4) is 16.2 Å². The fraction of sp³-hybridized carbons (Fsp3) is 0.111. The Hall–Kier alpha value is -2.71. The van der Waals surface area contributed by atoms with Gasteiger partial charge in [-0.3, -0.25) is 9.78 Å². The Morgan fingerprint density at radius 3 is 2.65 bits per heavy atom. The number of pyridine rings is 1. The standard InChI is InChI=1S/C18H16N2O4S2/c1-26(22,23)24-16-5-3-2-4-14(16)10-18(21)20-15-11-17(25-12-15)13-6-8-19-9-7-13/h2-9,11-12H,10H2,1H3,(H,20,21). The Morgan fingerprint density at radius 2 is 1.92 bits per heavy atom. The molecule has 26 heavy (non-hydrogen) atoms. The lowest BCUT2D eigenvalue weighted by Crippen LogP contribution is -2.15. The first kappa shape index (κ1) is 18.1. The van der Waals surface area contributed by atoms with Gasteiger partial charge in [-0.2, -0.15) is 8.42 Å². The molecule has 8 heteroatoms. The number of benzene rings is 1. The first-order valence-corrected chi connectivity index (χ1v) is 10.4. The molecule has 0 unspecified atom stereocenters. The molecule has 0 aliphatic rings. The molecule has 134 valence electrons.